The van der Waals surface area contributed by atoms with E-state index in [0.717, 1.165) is 27.2 Å². The van der Waals surface area contributed by atoms with E-state index in [9.17, 15) is 5.26 Å². The summed E-state index contributed by atoms with van der Waals surface area (Å²) in [6.07, 6.45) is 6.02. The largest absolute Gasteiger partial charge is 0.499 e. The van der Waals surface area contributed by atoms with E-state index in [1.165, 1.54) is 4.68 Å². The first kappa shape index (κ1) is 37.1. The zero-order chi connectivity index (χ0) is 39.8. The summed E-state index contributed by atoms with van der Waals surface area (Å²) in [4.78, 5) is 17.0. The van der Waals surface area contributed by atoms with Gasteiger partial charge in [0, 0.05) is 11.3 Å². The minimum atomic E-state index is -0.505. The monoisotopic (exact) mass is 776 g/mol. The van der Waals surface area contributed by atoms with Gasteiger partial charge in [0.1, 0.15) is 40.2 Å². The zero-order valence-corrected chi connectivity index (χ0v) is 33.4. The lowest BCUT2D eigenvalue weighted by Crippen LogP contribution is -2.31. The molecule has 0 fully saturated rings. The van der Waals surface area contributed by atoms with E-state index in [0.29, 0.717) is 45.0 Å². The van der Waals surface area contributed by atoms with Crippen LogP contribution in [0.2, 0.25) is 0 Å². The van der Waals surface area contributed by atoms with E-state index in [1.807, 2.05) is 118 Å². The Morgan fingerprint density at radius 3 is 2.44 bits per heavy atom. The third kappa shape index (κ3) is 6.98. The maximum atomic E-state index is 10.6. The average molecular weight is 777 g/mol. The number of nitriles is 1. The SMILES string of the molecule is COC1=CC=C[C@@H](C)C1Nc1nc(N(c2nc3ccccc3s2)c2ccccc2OC)cc(C)c1N=Nc1c(C#N)c(C(C)(C)C)nn1-c1nc2ccccc2o1. The van der Waals surface area contributed by atoms with Crippen molar-refractivity contribution in [2.45, 2.75) is 46.1 Å². The predicted octanol–water partition coefficient (Wildman–Crippen LogP) is 10.9. The summed E-state index contributed by atoms with van der Waals surface area (Å²) in [7, 11) is 3.30. The number of nitrogens with one attached hydrogen (secondary N) is 1. The van der Waals surface area contributed by atoms with E-state index in [4.69, 9.17) is 39.2 Å². The Hall–Kier alpha value is -6.85. The number of hydrogen-bond donors (Lipinski definition) is 1. The van der Waals surface area contributed by atoms with Crippen LogP contribution < -0.4 is 15.0 Å². The minimum absolute atomic E-state index is 0.0372. The number of anilines is 4. The highest BCUT2D eigenvalue weighted by molar-refractivity contribution is 7.22. The van der Waals surface area contributed by atoms with Gasteiger partial charge in [-0.05, 0) is 61.0 Å². The fourth-order valence-corrected chi connectivity index (χ4v) is 7.73. The zero-order valence-electron chi connectivity index (χ0n) is 32.6. The van der Waals surface area contributed by atoms with Gasteiger partial charge >= 0.3 is 6.01 Å². The molecule has 14 heteroatoms. The number of fused-ring (bicyclic) bond motifs is 2. The summed E-state index contributed by atoms with van der Waals surface area (Å²) in [6, 6.07) is 27.4. The maximum absolute atomic E-state index is 10.6. The number of ether oxygens (including phenoxy) is 2. The number of thiazole rings is 1. The van der Waals surface area contributed by atoms with Crippen molar-refractivity contribution in [2.24, 2.45) is 16.1 Å². The van der Waals surface area contributed by atoms with Crippen molar-refractivity contribution in [2.75, 3.05) is 24.4 Å². The number of benzene rings is 3. The molecule has 1 aliphatic carbocycles. The minimum Gasteiger partial charge on any atom is -0.499 e. The lowest BCUT2D eigenvalue weighted by molar-refractivity contribution is 0.256. The molecular weight excluding hydrogens is 737 g/mol. The van der Waals surface area contributed by atoms with Crippen LogP contribution in [0, 0.1) is 24.2 Å². The van der Waals surface area contributed by atoms with Crippen molar-refractivity contribution >= 4 is 66.6 Å². The lowest BCUT2D eigenvalue weighted by atomic mass is 9.90. The first-order valence-electron chi connectivity index (χ1n) is 18.4. The molecule has 1 aliphatic rings. The Bertz CT molecular complexity index is 2700. The Kier molecular flexibility index (Phi) is 9.76. The van der Waals surface area contributed by atoms with Gasteiger partial charge in [-0.1, -0.05) is 87.6 Å². The Labute approximate surface area is 333 Å². The normalized spacial score (nSPS) is 15.6. The van der Waals surface area contributed by atoms with E-state index in [-0.39, 0.29) is 29.4 Å². The molecule has 57 heavy (non-hydrogen) atoms. The fourth-order valence-electron chi connectivity index (χ4n) is 6.74. The molecule has 0 amide bonds. The molecule has 13 nitrogen and oxygen atoms in total. The first-order valence-corrected chi connectivity index (χ1v) is 19.2. The number of allylic oxidation sites excluding steroid dienone is 2. The highest BCUT2D eigenvalue weighted by Gasteiger charge is 2.31. The van der Waals surface area contributed by atoms with Crippen molar-refractivity contribution in [3.63, 3.8) is 0 Å². The Balaban J connectivity index is 1.33. The highest BCUT2D eigenvalue weighted by atomic mass is 32.1. The van der Waals surface area contributed by atoms with Crippen molar-refractivity contribution < 1.29 is 13.9 Å². The van der Waals surface area contributed by atoms with E-state index >= 15 is 0 Å². The molecule has 0 radical (unpaired) electrons. The number of pyridine rings is 1. The average Bonchev–Trinajstić information content (AvgIpc) is 3.93. The molecule has 1 N–H and O–H groups in total. The molecule has 0 bridgehead atoms. The van der Waals surface area contributed by atoms with Gasteiger partial charge < -0.3 is 19.2 Å². The molecule has 286 valence electrons. The summed E-state index contributed by atoms with van der Waals surface area (Å²) in [5.74, 6) is 2.61. The molecule has 7 aromatic rings. The summed E-state index contributed by atoms with van der Waals surface area (Å²) >= 11 is 1.55. The quantitative estimate of drug-likeness (QED) is 0.133. The van der Waals surface area contributed by atoms with Crippen LogP contribution in [0.5, 0.6) is 5.75 Å². The first-order chi connectivity index (χ1) is 27.6. The van der Waals surface area contributed by atoms with Crippen molar-refractivity contribution in [1.82, 2.24) is 24.7 Å². The summed E-state index contributed by atoms with van der Waals surface area (Å²) < 4.78 is 20.3. The highest BCUT2D eigenvalue weighted by Crippen LogP contribution is 2.45. The molecular formula is C43H40N10O3S. The van der Waals surface area contributed by atoms with Gasteiger partial charge in [0.15, 0.2) is 16.5 Å². The predicted molar refractivity (Wildman–Crippen MR) is 223 cm³/mol. The van der Waals surface area contributed by atoms with Gasteiger partial charge in [0.05, 0.1) is 41.9 Å². The number of para-hydroxylation sites is 5. The molecule has 0 saturated carbocycles. The second kappa shape index (κ2) is 15.0. The number of methoxy groups -OCH3 is 2. The third-order valence-electron chi connectivity index (χ3n) is 9.63. The van der Waals surface area contributed by atoms with Gasteiger partial charge in [-0.2, -0.15) is 20.0 Å². The summed E-state index contributed by atoms with van der Waals surface area (Å²) in [6.45, 7) is 10.0. The molecule has 0 spiro atoms. The molecule has 3 aromatic carbocycles. The van der Waals surface area contributed by atoms with Crippen molar-refractivity contribution in [3.8, 4) is 17.8 Å². The molecule has 0 aliphatic heterocycles. The number of nitrogens with zero attached hydrogens (tertiary/aromatic N) is 9. The number of aromatic nitrogens is 5. The number of azo groups is 1. The molecule has 8 rings (SSSR count). The van der Waals surface area contributed by atoms with Gasteiger partial charge in [-0.15, -0.1) is 10.2 Å². The summed E-state index contributed by atoms with van der Waals surface area (Å²) in [5, 5.41) is 29.4. The van der Waals surface area contributed by atoms with Gasteiger partial charge in [0.25, 0.3) is 0 Å². The fraction of sp³-hybridized carbons (Fsp3) is 0.233. The summed E-state index contributed by atoms with van der Waals surface area (Å²) in [5.41, 5.74) is 4.34. The van der Waals surface area contributed by atoms with Gasteiger partial charge in [-0.25, -0.2) is 9.97 Å². The van der Waals surface area contributed by atoms with Crippen LogP contribution in [0.25, 0.3) is 27.3 Å². The van der Waals surface area contributed by atoms with Crippen LogP contribution in [0.1, 0.15) is 44.5 Å². The topological polar surface area (TPSA) is 152 Å². The van der Waals surface area contributed by atoms with Gasteiger partial charge in [-0.3, -0.25) is 4.90 Å². The van der Waals surface area contributed by atoms with Crippen molar-refractivity contribution in [1.29, 1.82) is 5.26 Å². The molecule has 4 heterocycles. The maximum Gasteiger partial charge on any atom is 0.325 e. The second-order valence-electron chi connectivity index (χ2n) is 14.6. The molecule has 0 saturated heterocycles. The van der Waals surface area contributed by atoms with Crippen LogP contribution in [-0.2, 0) is 10.2 Å². The van der Waals surface area contributed by atoms with Gasteiger partial charge in [0.2, 0.25) is 5.82 Å². The Morgan fingerprint density at radius 2 is 1.70 bits per heavy atom. The van der Waals surface area contributed by atoms with Crippen molar-refractivity contribution in [3.05, 3.63) is 120 Å². The van der Waals surface area contributed by atoms with E-state index < -0.39 is 5.41 Å². The number of hydrogen-bond acceptors (Lipinski definition) is 13. The molecule has 1 unspecified atom stereocenters. The smallest absolute Gasteiger partial charge is 0.325 e. The third-order valence-corrected chi connectivity index (χ3v) is 10.6. The van der Waals surface area contributed by atoms with Crippen LogP contribution in [-0.4, -0.2) is 45.0 Å². The number of oxazole rings is 1. The van der Waals surface area contributed by atoms with Crippen LogP contribution in [0.15, 0.2) is 117 Å². The number of rotatable bonds is 10. The molecule has 2 atom stereocenters. The second-order valence-corrected chi connectivity index (χ2v) is 15.6. The lowest BCUT2D eigenvalue weighted by Gasteiger charge is -2.29. The van der Waals surface area contributed by atoms with E-state index in [1.54, 1.807) is 25.6 Å². The Morgan fingerprint density at radius 1 is 0.947 bits per heavy atom. The van der Waals surface area contributed by atoms with Crippen LogP contribution in [0.4, 0.5) is 34.0 Å². The number of aryl methyl sites for hydroxylation is 1. The standard InChI is InChI=1S/C43H40N10O3S/c1-25-15-14-21-33(55-7)36(25)48-39-37(49-50-40-27(24-44)38(43(3,4)5)51-53(40)41-45-28-16-8-11-19-31(28)56-41)26(2)23-35(47-39)52(30-18-10-12-20-32(30)54-6)42-46-29-17-9-13-22-34(29)57-42/h8-23,25,36H,1-7H3,(H,47,48)/t25-,36?/m1/s1. The van der Waals surface area contributed by atoms with E-state index in [2.05, 4.69) is 35.4 Å². The van der Waals surface area contributed by atoms with Crippen LogP contribution >= 0.6 is 11.3 Å². The molecule has 4 aromatic heterocycles. The van der Waals surface area contributed by atoms with Crippen LogP contribution in [0.3, 0.4) is 0 Å².